The van der Waals surface area contributed by atoms with Crippen LogP contribution in [-0.4, -0.2) is 33.4 Å². The van der Waals surface area contributed by atoms with Gasteiger partial charge in [0.15, 0.2) is 0 Å². The van der Waals surface area contributed by atoms with E-state index >= 15 is 0 Å². The van der Waals surface area contributed by atoms with Gasteiger partial charge < -0.3 is 15.0 Å². The van der Waals surface area contributed by atoms with Crippen LogP contribution in [0.2, 0.25) is 0 Å². The number of hydrogen-bond donors (Lipinski definition) is 1. The van der Waals surface area contributed by atoms with Crippen LogP contribution in [0.5, 0.6) is 0 Å². The average molecular weight is 276 g/mol. The number of para-hydroxylation sites is 1. The van der Waals surface area contributed by atoms with Crippen molar-refractivity contribution in [2.75, 3.05) is 38.3 Å². The fraction of sp³-hybridized carbons (Fsp3) is 0.647. The molecule has 1 aromatic carbocycles. The first-order valence-corrected chi connectivity index (χ1v) is 7.87. The first-order chi connectivity index (χ1) is 9.85. The molecular formula is C17H28N2O. The van der Waals surface area contributed by atoms with Gasteiger partial charge in [-0.15, -0.1) is 0 Å². The number of nitrogens with zero attached hydrogens (tertiary/aromatic N) is 1. The Morgan fingerprint density at radius 1 is 1.35 bits per heavy atom. The molecule has 1 aromatic rings. The smallest absolute Gasteiger partial charge is 0.0587 e. The molecule has 112 valence electrons. The number of benzene rings is 1. The van der Waals surface area contributed by atoms with E-state index in [0.717, 1.165) is 25.6 Å². The van der Waals surface area contributed by atoms with Crippen LogP contribution in [0.4, 0.5) is 5.69 Å². The maximum absolute atomic E-state index is 5.08. The summed E-state index contributed by atoms with van der Waals surface area (Å²) in [7, 11) is 1.74. The molecular weight excluding hydrogens is 248 g/mol. The molecule has 1 aliphatic heterocycles. The number of hydrogen-bond acceptors (Lipinski definition) is 3. The maximum atomic E-state index is 5.08. The van der Waals surface area contributed by atoms with Crippen molar-refractivity contribution in [3.63, 3.8) is 0 Å². The minimum Gasteiger partial charge on any atom is -0.383 e. The van der Waals surface area contributed by atoms with Crippen molar-refractivity contribution in [2.45, 2.75) is 32.7 Å². The van der Waals surface area contributed by atoms with Gasteiger partial charge in [-0.25, -0.2) is 0 Å². The SMILES string of the molecule is CCCC1CCN(c2ccccc2CNCCOC)C1. The van der Waals surface area contributed by atoms with E-state index in [4.69, 9.17) is 4.74 Å². The minimum atomic E-state index is 0.768. The second-order valence-corrected chi connectivity index (χ2v) is 5.69. The molecule has 0 saturated carbocycles. The van der Waals surface area contributed by atoms with Gasteiger partial charge >= 0.3 is 0 Å². The first-order valence-electron chi connectivity index (χ1n) is 7.87. The first kappa shape index (κ1) is 15.3. The van der Waals surface area contributed by atoms with Crippen LogP contribution >= 0.6 is 0 Å². The second-order valence-electron chi connectivity index (χ2n) is 5.69. The molecule has 0 bridgehead atoms. The van der Waals surface area contributed by atoms with Gasteiger partial charge in [-0.3, -0.25) is 0 Å². The predicted octanol–water partition coefficient (Wildman–Crippen LogP) is 3.05. The zero-order valence-electron chi connectivity index (χ0n) is 12.9. The van der Waals surface area contributed by atoms with Crippen LogP contribution in [0, 0.1) is 5.92 Å². The van der Waals surface area contributed by atoms with Crippen LogP contribution < -0.4 is 10.2 Å². The third kappa shape index (κ3) is 4.22. The average Bonchev–Trinajstić information content (AvgIpc) is 2.93. The van der Waals surface area contributed by atoms with E-state index < -0.39 is 0 Å². The highest BCUT2D eigenvalue weighted by atomic mass is 16.5. The van der Waals surface area contributed by atoms with Gasteiger partial charge in [0.05, 0.1) is 6.61 Å². The van der Waals surface area contributed by atoms with Crippen molar-refractivity contribution in [1.29, 1.82) is 0 Å². The summed E-state index contributed by atoms with van der Waals surface area (Å²) in [4.78, 5) is 2.56. The molecule has 1 saturated heterocycles. The lowest BCUT2D eigenvalue weighted by Gasteiger charge is -2.22. The third-order valence-electron chi connectivity index (χ3n) is 4.11. The van der Waals surface area contributed by atoms with Crippen molar-refractivity contribution < 1.29 is 4.74 Å². The van der Waals surface area contributed by atoms with Gasteiger partial charge in [-0.1, -0.05) is 31.5 Å². The Hall–Kier alpha value is -1.06. The van der Waals surface area contributed by atoms with Crippen molar-refractivity contribution >= 4 is 5.69 Å². The molecule has 1 heterocycles. The van der Waals surface area contributed by atoms with Crippen LogP contribution in [0.3, 0.4) is 0 Å². The summed E-state index contributed by atoms with van der Waals surface area (Å²) in [5.74, 6) is 0.884. The quantitative estimate of drug-likeness (QED) is 0.739. The summed E-state index contributed by atoms with van der Waals surface area (Å²) >= 11 is 0. The molecule has 3 heteroatoms. The summed E-state index contributed by atoms with van der Waals surface area (Å²) in [6.07, 6.45) is 4.02. The van der Waals surface area contributed by atoms with E-state index in [1.807, 2.05) is 0 Å². The maximum Gasteiger partial charge on any atom is 0.0587 e. The highest BCUT2D eigenvalue weighted by Crippen LogP contribution is 2.28. The van der Waals surface area contributed by atoms with Crippen molar-refractivity contribution in [2.24, 2.45) is 5.92 Å². The lowest BCUT2D eigenvalue weighted by atomic mass is 10.0. The Labute approximate surface area is 123 Å². The minimum absolute atomic E-state index is 0.768. The normalized spacial score (nSPS) is 18.7. The predicted molar refractivity (Wildman–Crippen MR) is 85.3 cm³/mol. The number of methoxy groups -OCH3 is 1. The molecule has 0 aliphatic carbocycles. The van der Waals surface area contributed by atoms with E-state index in [9.17, 15) is 0 Å². The van der Waals surface area contributed by atoms with Gasteiger partial charge in [0, 0.05) is 39.0 Å². The van der Waals surface area contributed by atoms with Gasteiger partial charge in [-0.05, 0) is 30.4 Å². The number of ether oxygens (including phenoxy) is 1. The van der Waals surface area contributed by atoms with Gasteiger partial charge in [-0.2, -0.15) is 0 Å². The van der Waals surface area contributed by atoms with E-state index in [-0.39, 0.29) is 0 Å². The molecule has 2 rings (SSSR count). The summed E-state index contributed by atoms with van der Waals surface area (Å²) < 4.78 is 5.08. The largest absolute Gasteiger partial charge is 0.383 e. The zero-order valence-corrected chi connectivity index (χ0v) is 12.9. The van der Waals surface area contributed by atoms with Crippen LogP contribution in [0.15, 0.2) is 24.3 Å². The monoisotopic (exact) mass is 276 g/mol. The Morgan fingerprint density at radius 3 is 3.00 bits per heavy atom. The Balaban J connectivity index is 1.94. The Kier molecular flexibility index (Phi) is 6.34. The summed E-state index contributed by atoms with van der Waals surface area (Å²) in [6, 6.07) is 8.79. The number of rotatable bonds is 8. The van der Waals surface area contributed by atoms with Crippen LogP contribution in [0.1, 0.15) is 31.7 Å². The summed E-state index contributed by atoms with van der Waals surface area (Å²) in [5.41, 5.74) is 2.82. The number of anilines is 1. The molecule has 1 aliphatic rings. The Bertz CT molecular complexity index is 394. The molecule has 1 atom stereocenters. The van der Waals surface area contributed by atoms with Crippen LogP contribution in [0.25, 0.3) is 0 Å². The highest BCUT2D eigenvalue weighted by molar-refractivity contribution is 5.54. The van der Waals surface area contributed by atoms with Crippen molar-refractivity contribution in [3.8, 4) is 0 Å². The fourth-order valence-electron chi connectivity index (χ4n) is 3.06. The molecule has 0 spiro atoms. The molecule has 0 radical (unpaired) electrons. The zero-order chi connectivity index (χ0) is 14.2. The molecule has 1 fully saturated rings. The van der Waals surface area contributed by atoms with Crippen molar-refractivity contribution in [1.82, 2.24) is 5.32 Å². The molecule has 3 nitrogen and oxygen atoms in total. The summed E-state index contributed by atoms with van der Waals surface area (Å²) in [5, 5.41) is 3.45. The molecule has 0 aromatic heterocycles. The second kappa shape index (κ2) is 8.28. The van der Waals surface area contributed by atoms with E-state index in [2.05, 4.69) is 41.4 Å². The summed E-state index contributed by atoms with van der Waals surface area (Å²) in [6.45, 7) is 7.32. The lowest BCUT2D eigenvalue weighted by Crippen LogP contribution is -2.24. The molecule has 1 N–H and O–H groups in total. The fourth-order valence-corrected chi connectivity index (χ4v) is 3.06. The van der Waals surface area contributed by atoms with Gasteiger partial charge in [0.2, 0.25) is 0 Å². The lowest BCUT2D eigenvalue weighted by molar-refractivity contribution is 0.199. The highest BCUT2D eigenvalue weighted by Gasteiger charge is 2.23. The molecule has 1 unspecified atom stereocenters. The van der Waals surface area contributed by atoms with Gasteiger partial charge in [0.1, 0.15) is 0 Å². The number of nitrogens with one attached hydrogen (secondary N) is 1. The third-order valence-corrected chi connectivity index (χ3v) is 4.11. The topological polar surface area (TPSA) is 24.5 Å². The van der Waals surface area contributed by atoms with Crippen molar-refractivity contribution in [3.05, 3.63) is 29.8 Å². The van der Waals surface area contributed by atoms with E-state index in [1.165, 1.54) is 43.6 Å². The van der Waals surface area contributed by atoms with E-state index in [0.29, 0.717) is 0 Å². The molecule has 20 heavy (non-hydrogen) atoms. The van der Waals surface area contributed by atoms with Gasteiger partial charge in [0.25, 0.3) is 0 Å². The standard InChI is InChI=1S/C17H28N2O/c1-3-6-15-9-11-19(14-15)17-8-5-4-7-16(17)13-18-10-12-20-2/h4-5,7-8,15,18H,3,6,9-14H2,1-2H3. The van der Waals surface area contributed by atoms with E-state index in [1.54, 1.807) is 7.11 Å². The Morgan fingerprint density at radius 2 is 2.20 bits per heavy atom. The molecule has 0 amide bonds. The van der Waals surface area contributed by atoms with Crippen LogP contribution in [-0.2, 0) is 11.3 Å².